The summed E-state index contributed by atoms with van der Waals surface area (Å²) in [4.78, 5) is 33.2. The van der Waals surface area contributed by atoms with E-state index in [-0.39, 0.29) is 17.6 Å². The molecule has 1 heterocycles. The molecule has 164 valence electrons. The first-order chi connectivity index (χ1) is 14.9. The van der Waals surface area contributed by atoms with Crippen LogP contribution < -0.4 is 10.9 Å². The van der Waals surface area contributed by atoms with E-state index in [0.29, 0.717) is 36.2 Å². The molecule has 0 spiro atoms. The Morgan fingerprint density at radius 2 is 1.74 bits per heavy atom. The summed E-state index contributed by atoms with van der Waals surface area (Å²) in [7, 11) is 0. The van der Waals surface area contributed by atoms with E-state index in [2.05, 4.69) is 5.32 Å². The lowest BCUT2D eigenvalue weighted by Gasteiger charge is -2.32. The van der Waals surface area contributed by atoms with Crippen molar-refractivity contribution >= 4 is 22.6 Å². The number of aromatic nitrogens is 2. The van der Waals surface area contributed by atoms with Crippen LogP contribution in [0.25, 0.3) is 10.9 Å². The summed E-state index contributed by atoms with van der Waals surface area (Å²) in [5.41, 5.74) is 3.48. The van der Waals surface area contributed by atoms with Gasteiger partial charge in [0.25, 0.3) is 5.56 Å². The normalized spacial score (nSPS) is 12.0. The molecule has 0 aliphatic carbocycles. The number of para-hydroxylation sites is 2. The molecule has 0 fully saturated rings. The fraction of sp³-hybridized carbons (Fsp3) is 0.400. The van der Waals surface area contributed by atoms with Crippen LogP contribution in [0.5, 0.6) is 0 Å². The maximum Gasteiger partial charge on any atom is 0.322 e. The van der Waals surface area contributed by atoms with Crippen LogP contribution in [0.3, 0.4) is 0 Å². The third-order valence-electron chi connectivity index (χ3n) is 5.71. The van der Waals surface area contributed by atoms with Crippen molar-refractivity contribution in [3.63, 3.8) is 0 Å². The van der Waals surface area contributed by atoms with Crippen LogP contribution in [0.4, 0.5) is 10.5 Å². The highest BCUT2D eigenvalue weighted by molar-refractivity contribution is 5.91. The highest BCUT2D eigenvalue weighted by Gasteiger charge is 2.28. The van der Waals surface area contributed by atoms with Gasteiger partial charge in [0, 0.05) is 18.8 Å². The molecule has 3 aromatic rings. The Hall–Kier alpha value is -3.15. The number of carbonyl (C=O) groups is 1. The van der Waals surface area contributed by atoms with Gasteiger partial charge in [-0.3, -0.25) is 9.36 Å². The van der Waals surface area contributed by atoms with Crippen molar-refractivity contribution in [2.45, 2.75) is 60.0 Å². The average Bonchev–Trinajstić information content (AvgIpc) is 2.76. The Bertz CT molecular complexity index is 1120. The highest BCUT2D eigenvalue weighted by Crippen LogP contribution is 2.26. The zero-order valence-electron chi connectivity index (χ0n) is 19.1. The smallest absolute Gasteiger partial charge is 0.314 e. The molecule has 0 aliphatic rings. The minimum Gasteiger partial charge on any atom is -0.314 e. The lowest BCUT2D eigenvalue weighted by molar-refractivity contribution is 0.180. The molecule has 31 heavy (non-hydrogen) atoms. The first-order valence-corrected chi connectivity index (χ1v) is 11.1. The van der Waals surface area contributed by atoms with Gasteiger partial charge >= 0.3 is 6.03 Å². The van der Waals surface area contributed by atoms with Gasteiger partial charge < -0.3 is 10.2 Å². The van der Waals surface area contributed by atoms with E-state index in [1.807, 2.05) is 75.9 Å². The fourth-order valence-electron chi connectivity index (χ4n) is 4.12. The van der Waals surface area contributed by atoms with Crippen molar-refractivity contribution in [1.29, 1.82) is 0 Å². The van der Waals surface area contributed by atoms with Crippen LogP contribution >= 0.6 is 0 Å². The number of hydrogen-bond acceptors (Lipinski definition) is 3. The van der Waals surface area contributed by atoms with Crippen LogP contribution in [0.2, 0.25) is 0 Å². The number of fused-ring (bicyclic) bond motifs is 1. The van der Waals surface area contributed by atoms with E-state index >= 15 is 0 Å². The fourth-order valence-corrected chi connectivity index (χ4v) is 4.12. The van der Waals surface area contributed by atoms with Gasteiger partial charge in [0.2, 0.25) is 0 Å². The van der Waals surface area contributed by atoms with E-state index in [9.17, 15) is 9.59 Å². The van der Waals surface area contributed by atoms with Gasteiger partial charge in [0.05, 0.1) is 16.9 Å². The number of urea groups is 1. The van der Waals surface area contributed by atoms with Gasteiger partial charge in [-0.2, -0.15) is 0 Å². The number of aryl methyl sites for hydroxylation is 2. The molecule has 0 saturated carbocycles. The van der Waals surface area contributed by atoms with Crippen molar-refractivity contribution in [3.05, 3.63) is 69.8 Å². The van der Waals surface area contributed by atoms with Crippen LogP contribution in [0, 0.1) is 13.8 Å². The Kier molecular flexibility index (Phi) is 7.10. The summed E-state index contributed by atoms with van der Waals surface area (Å²) in [5.74, 6) is 0.638. The van der Waals surface area contributed by atoms with Crippen molar-refractivity contribution in [2.75, 3.05) is 11.9 Å². The number of hydrogen-bond donors (Lipinski definition) is 1. The maximum absolute atomic E-state index is 13.4. The van der Waals surface area contributed by atoms with Crippen molar-refractivity contribution in [2.24, 2.45) is 0 Å². The summed E-state index contributed by atoms with van der Waals surface area (Å²) in [6.07, 6.45) is 1.46. The second-order valence-corrected chi connectivity index (χ2v) is 7.85. The van der Waals surface area contributed by atoms with Gasteiger partial charge in [-0.05, 0) is 56.9 Å². The molecule has 6 heteroatoms. The molecular formula is C25H32N4O2. The van der Waals surface area contributed by atoms with E-state index in [0.717, 1.165) is 23.2 Å². The average molecular weight is 421 g/mol. The van der Waals surface area contributed by atoms with Crippen molar-refractivity contribution < 1.29 is 4.79 Å². The summed E-state index contributed by atoms with van der Waals surface area (Å²) >= 11 is 0. The van der Waals surface area contributed by atoms with Crippen LogP contribution in [-0.4, -0.2) is 27.0 Å². The largest absolute Gasteiger partial charge is 0.322 e. The first-order valence-electron chi connectivity index (χ1n) is 11.1. The molecule has 1 unspecified atom stereocenters. The second-order valence-electron chi connectivity index (χ2n) is 7.85. The molecule has 6 nitrogen and oxygen atoms in total. The summed E-state index contributed by atoms with van der Waals surface area (Å²) < 4.78 is 1.70. The zero-order chi connectivity index (χ0) is 22.5. The molecule has 3 rings (SSSR count). The van der Waals surface area contributed by atoms with Crippen molar-refractivity contribution in [3.8, 4) is 0 Å². The summed E-state index contributed by atoms with van der Waals surface area (Å²) in [6, 6.07) is 12.9. The number of anilines is 1. The molecule has 0 saturated heterocycles. The standard InChI is InChI=1S/C25H32N4O2/c1-6-16-29(25(31)27-22-17(4)12-11-13-18(22)5)21(7-2)23-26-20-15-10-9-14-19(20)24(30)28(23)8-3/h9-15,21H,6-8,16H2,1-5H3,(H,27,31). The molecule has 1 N–H and O–H groups in total. The Morgan fingerprint density at radius 1 is 1.06 bits per heavy atom. The van der Waals surface area contributed by atoms with E-state index < -0.39 is 0 Å². The number of amides is 2. The van der Waals surface area contributed by atoms with Crippen molar-refractivity contribution in [1.82, 2.24) is 14.5 Å². The lowest BCUT2D eigenvalue weighted by atomic mass is 10.1. The van der Waals surface area contributed by atoms with E-state index in [4.69, 9.17) is 4.98 Å². The number of nitrogens with zero attached hydrogens (tertiary/aromatic N) is 3. The van der Waals surface area contributed by atoms with Gasteiger partial charge in [-0.25, -0.2) is 9.78 Å². The highest BCUT2D eigenvalue weighted by atomic mass is 16.2. The molecule has 1 atom stereocenters. The number of benzene rings is 2. The topological polar surface area (TPSA) is 67.2 Å². The summed E-state index contributed by atoms with van der Waals surface area (Å²) in [5, 5.41) is 3.71. The third kappa shape index (κ3) is 4.48. The number of carbonyl (C=O) groups excluding carboxylic acids is 1. The van der Waals surface area contributed by atoms with Crippen LogP contribution in [-0.2, 0) is 6.54 Å². The van der Waals surface area contributed by atoms with E-state index in [1.165, 1.54) is 0 Å². The molecule has 0 aliphatic heterocycles. The molecular weight excluding hydrogens is 388 g/mol. The van der Waals surface area contributed by atoms with Gasteiger partial charge in [0.1, 0.15) is 5.82 Å². The second kappa shape index (κ2) is 9.77. The Balaban J connectivity index is 2.07. The van der Waals surface area contributed by atoms with Gasteiger partial charge in [-0.15, -0.1) is 0 Å². The predicted octanol–water partition coefficient (Wildman–Crippen LogP) is 5.43. The van der Waals surface area contributed by atoms with Gasteiger partial charge in [0.15, 0.2) is 0 Å². The van der Waals surface area contributed by atoms with Gasteiger partial charge in [-0.1, -0.05) is 44.2 Å². The molecule has 2 amide bonds. The quantitative estimate of drug-likeness (QED) is 0.554. The molecule has 0 radical (unpaired) electrons. The third-order valence-corrected chi connectivity index (χ3v) is 5.71. The number of rotatable bonds is 7. The number of nitrogens with one attached hydrogen (secondary N) is 1. The van der Waals surface area contributed by atoms with Crippen LogP contribution in [0.1, 0.15) is 56.6 Å². The SMILES string of the molecule is CCCN(C(=O)Nc1c(C)cccc1C)C(CC)c1nc2ccccc2c(=O)n1CC. The maximum atomic E-state index is 13.4. The minimum absolute atomic E-state index is 0.0619. The first kappa shape index (κ1) is 22.5. The summed E-state index contributed by atoms with van der Waals surface area (Å²) in [6.45, 7) is 11.1. The molecule has 2 aromatic carbocycles. The Labute approximate surface area is 183 Å². The predicted molar refractivity (Wildman–Crippen MR) is 127 cm³/mol. The Morgan fingerprint density at radius 3 is 2.35 bits per heavy atom. The molecule has 1 aromatic heterocycles. The molecule has 0 bridgehead atoms. The zero-order valence-corrected chi connectivity index (χ0v) is 19.1. The lowest BCUT2D eigenvalue weighted by Crippen LogP contribution is -2.41. The van der Waals surface area contributed by atoms with E-state index in [1.54, 1.807) is 10.6 Å². The minimum atomic E-state index is -0.304. The monoisotopic (exact) mass is 420 g/mol. The van der Waals surface area contributed by atoms with Crippen LogP contribution in [0.15, 0.2) is 47.3 Å².